The molecule has 0 spiro atoms. The minimum Gasteiger partial charge on any atom is -0.268 e. The lowest BCUT2D eigenvalue weighted by Crippen LogP contribution is -2.35. The van der Waals surface area contributed by atoms with Crippen molar-refractivity contribution in [2.24, 2.45) is 0 Å². The number of carbonyl (C=O) groups excluding carboxylic acids is 2. The molecule has 0 aromatic heterocycles. The zero-order chi connectivity index (χ0) is 8.65. The molecule has 0 bridgehead atoms. The molecule has 0 aromatic carbocycles. The van der Waals surface area contributed by atoms with Crippen molar-refractivity contribution in [3.8, 4) is 0 Å². The number of hydrogen-bond acceptors (Lipinski definition) is 4. The third-order valence-electron chi connectivity index (χ3n) is 1.10. The standard InChI is InChI=1S/C5H5NO4S/c1-11(9,10)6-4(7)2-3-5(6)8/h2-3H,1H3. The van der Waals surface area contributed by atoms with Crippen molar-refractivity contribution in [2.75, 3.05) is 6.26 Å². The number of hydrogen-bond donors (Lipinski definition) is 0. The van der Waals surface area contributed by atoms with Crippen molar-refractivity contribution in [1.29, 1.82) is 0 Å². The van der Waals surface area contributed by atoms with Gasteiger partial charge in [0.2, 0.25) is 10.0 Å². The first-order chi connectivity index (χ1) is 4.93. The summed E-state index contributed by atoms with van der Waals surface area (Å²) in [5.41, 5.74) is 0. The molecule has 0 radical (unpaired) electrons. The summed E-state index contributed by atoms with van der Waals surface area (Å²) < 4.78 is 21.6. The largest absolute Gasteiger partial charge is 0.268 e. The lowest BCUT2D eigenvalue weighted by atomic mass is 10.6. The molecule has 0 atom stereocenters. The number of amides is 2. The average molecular weight is 175 g/mol. The zero-order valence-electron chi connectivity index (χ0n) is 5.64. The fourth-order valence-corrected chi connectivity index (χ4v) is 1.49. The first-order valence-electron chi connectivity index (χ1n) is 2.69. The van der Waals surface area contributed by atoms with Crippen LogP contribution in [0.2, 0.25) is 0 Å². The van der Waals surface area contributed by atoms with Gasteiger partial charge in [-0.25, -0.2) is 8.42 Å². The maximum atomic E-state index is 10.7. The van der Waals surface area contributed by atoms with Gasteiger partial charge in [-0.15, -0.1) is 0 Å². The van der Waals surface area contributed by atoms with Crippen molar-refractivity contribution in [3.63, 3.8) is 0 Å². The van der Waals surface area contributed by atoms with Gasteiger partial charge >= 0.3 is 0 Å². The molecule has 0 aromatic rings. The van der Waals surface area contributed by atoms with E-state index in [1.807, 2.05) is 0 Å². The van der Waals surface area contributed by atoms with E-state index >= 15 is 0 Å². The van der Waals surface area contributed by atoms with Gasteiger partial charge in [0.15, 0.2) is 0 Å². The number of rotatable bonds is 1. The highest BCUT2D eigenvalue weighted by atomic mass is 32.2. The molecule has 2 amide bonds. The van der Waals surface area contributed by atoms with Gasteiger partial charge in [-0.05, 0) is 0 Å². The van der Waals surface area contributed by atoms with E-state index in [1.165, 1.54) is 0 Å². The average Bonchev–Trinajstić information content (AvgIpc) is 2.08. The molecule has 0 saturated carbocycles. The third kappa shape index (κ3) is 1.30. The second-order valence-electron chi connectivity index (χ2n) is 2.04. The Kier molecular flexibility index (Phi) is 1.56. The van der Waals surface area contributed by atoms with Gasteiger partial charge in [0.1, 0.15) is 0 Å². The molecule has 0 N–H and O–H groups in total. The predicted molar refractivity (Wildman–Crippen MR) is 35.8 cm³/mol. The van der Waals surface area contributed by atoms with E-state index in [0.717, 1.165) is 18.4 Å². The Balaban J connectivity index is 3.11. The van der Waals surface area contributed by atoms with Crippen molar-refractivity contribution in [3.05, 3.63) is 12.2 Å². The van der Waals surface area contributed by atoms with Crippen LogP contribution in [0.3, 0.4) is 0 Å². The van der Waals surface area contributed by atoms with Crippen molar-refractivity contribution < 1.29 is 18.0 Å². The third-order valence-corrected chi connectivity index (χ3v) is 2.12. The molecule has 1 heterocycles. The smallest absolute Gasteiger partial charge is 0.267 e. The lowest BCUT2D eigenvalue weighted by molar-refractivity contribution is -0.130. The fraction of sp³-hybridized carbons (Fsp3) is 0.200. The lowest BCUT2D eigenvalue weighted by Gasteiger charge is -2.08. The van der Waals surface area contributed by atoms with Crippen molar-refractivity contribution in [1.82, 2.24) is 4.31 Å². The van der Waals surface area contributed by atoms with Crippen LogP contribution in [0.4, 0.5) is 0 Å². The maximum absolute atomic E-state index is 10.7. The van der Waals surface area contributed by atoms with Crippen molar-refractivity contribution in [2.45, 2.75) is 0 Å². The molecule has 0 fully saturated rings. The monoisotopic (exact) mass is 175 g/mol. The van der Waals surface area contributed by atoms with Gasteiger partial charge in [-0.2, -0.15) is 4.31 Å². The number of nitrogens with zero attached hydrogens (tertiary/aromatic N) is 1. The van der Waals surface area contributed by atoms with E-state index in [2.05, 4.69) is 0 Å². The molecule has 1 rings (SSSR count). The summed E-state index contributed by atoms with van der Waals surface area (Å²) in [5.74, 6) is -1.62. The SMILES string of the molecule is CS(=O)(=O)N1C(=O)C=CC1=O. The Bertz CT molecular complexity index is 321. The predicted octanol–water partition coefficient (Wildman–Crippen LogP) is -1.13. The van der Waals surface area contributed by atoms with Gasteiger partial charge in [-0.3, -0.25) is 9.59 Å². The Morgan fingerprint density at radius 1 is 1.18 bits per heavy atom. The summed E-state index contributed by atoms with van der Waals surface area (Å²) in [4.78, 5) is 21.3. The van der Waals surface area contributed by atoms with Crippen LogP contribution < -0.4 is 0 Å². The van der Waals surface area contributed by atoms with Gasteiger partial charge in [0.05, 0.1) is 6.26 Å². The summed E-state index contributed by atoms with van der Waals surface area (Å²) in [6.45, 7) is 0. The second kappa shape index (κ2) is 2.16. The Morgan fingerprint density at radius 3 is 1.73 bits per heavy atom. The van der Waals surface area contributed by atoms with Gasteiger partial charge in [-0.1, -0.05) is 0 Å². The molecule has 60 valence electrons. The summed E-state index contributed by atoms with van der Waals surface area (Å²) >= 11 is 0. The van der Waals surface area contributed by atoms with E-state index in [4.69, 9.17) is 0 Å². The van der Waals surface area contributed by atoms with Crippen LogP contribution in [0, 0.1) is 0 Å². The topological polar surface area (TPSA) is 71.5 Å². The van der Waals surface area contributed by atoms with Crippen LogP contribution in [0.25, 0.3) is 0 Å². The van der Waals surface area contributed by atoms with E-state index in [0.29, 0.717) is 0 Å². The molecule has 5 nitrogen and oxygen atoms in total. The molecular weight excluding hydrogens is 170 g/mol. The highest BCUT2D eigenvalue weighted by Gasteiger charge is 2.31. The molecule has 1 aliphatic heterocycles. The van der Waals surface area contributed by atoms with Crippen LogP contribution >= 0.6 is 0 Å². The Hall–Kier alpha value is -1.17. The van der Waals surface area contributed by atoms with E-state index in [1.54, 1.807) is 0 Å². The minimum absolute atomic E-state index is 0.215. The zero-order valence-corrected chi connectivity index (χ0v) is 6.46. The van der Waals surface area contributed by atoms with Crippen LogP contribution in [0.15, 0.2) is 12.2 Å². The van der Waals surface area contributed by atoms with Crippen LogP contribution in [-0.2, 0) is 19.6 Å². The van der Waals surface area contributed by atoms with Gasteiger partial charge in [0.25, 0.3) is 11.8 Å². The summed E-state index contributed by atoms with van der Waals surface area (Å²) in [7, 11) is -3.73. The Morgan fingerprint density at radius 2 is 1.55 bits per heavy atom. The minimum atomic E-state index is -3.73. The number of imide groups is 1. The van der Waals surface area contributed by atoms with Gasteiger partial charge in [0, 0.05) is 12.2 Å². The fourth-order valence-electron chi connectivity index (χ4n) is 0.713. The molecule has 0 unspecified atom stereocenters. The molecule has 0 saturated heterocycles. The summed E-state index contributed by atoms with van der Waals surface area (Å²) in [6.07, 6.45) is 2.64. The highest BCUT2D eigenvalue weighted by molar-refractivity contribution is 7.89. The molecule has 1 aliphatic rings. The normalized spacial score (nSPS) is 18.1. The summed E-state index contributed by atoms with van der Waals surface area (Å²) in [5, 5.41) is 0. The first-order valence-corrected chi connectivity index (χ1v) is 4.54. The van der Waals surface area contributed by atoms with Crippen LogP contribution in [0.1, 0.15) is 0 Å². The van der Waals surface area contributed by atoms with Crippen molar-refractivity contribution >= 4 is 21.8 Å². The second-order valence-corrected chi connectivity index (χ2v) is 3.87. The van der Waals surface area contributed by atoms with Crippen LogP contribution in [-0.4, -0.2) is 30.8 Å². The number of sulfonamides is 1. The van der Waals surface area contributed by atoms with E-state index in [9.17, 15) is 18.0 Å². The first kappa shape index (κ1) is 7.93. The molecular formula is C5H5NO4S. The summed E-state index contributed by atoms with van der Waals surface area (Å²) in [6, 6.07) is 0. The molecule has 6 heteroatoms. The van der Waals surface area contributed by atoms with Crippen LogP contribution in [0.5, 0.6) is 0 Å². The Labute approximate surface area is 63.3 Å². The molecule has 11 heavy (non-hydrogen) atoms. The van der Waals surface area contributed by atoms with E-state index in [-0.39, 0.29) is 4.31 Å². The quantitative estimate of drug-likeness (QED) is 0.473. The van der Waals surface area contributed by atoms with Gasteiger partial charge < -0.3 is 0 Å². The highest BCUT2D eigenvalue weighted by Crippen LogP contribution is 2.07. The number of carbonyl (C=O) groups is 2. The maximum Gasteiger partial charge on any atom is 0.267 e. The molecule has 0 aliphatic carbocycles. The van der Waals surface area contributed by atoms with E-state index < -0.39 is 21.8 Å².